The van der Waals surface area contributed by atoms with Gasteiger partial charge in [-0.25, -0.2) is 4.98 Å². The smallest absolute Gasteiger partial charge is 0.213 e. The summed E-state index contributed by atoms with van der Waals surface area (Å²) in [6.07, 6.45) is 6.75. The van der Waals surface area contributed by atoms with E-state index in [1.165, 1.54) is 5.56 Å². The number of hydrogen-bond donors (Lipinski definition) is 0. The third kappa shape index (κ3) is 6.38. The summed E-state index contributed by atoms with van der Waals surface area (Å²) in [5.41, 5.74) is 1.27. The molecule has 1 aliphatic carbocycles. The molecule has 27 heavy (non-hydrogen) atoms. The third-order valence-corrected chi connectivity index (χ3v) is 4.73. The molecule has 1 fully saturated rings. The number of pyridine rings is 1. The fourth-order valence-corrected chi connectivity index (χ4v) is 3.03. The van der Waals surface area contributed by atoms with Gasteiger partial charge < -0.3 is 9.47 Å². The third-order valence-electron chi connectivity index (χ3n) is 4.73. The summed E-state index contributed by atoms with van der Waals surface area (Å²) in [5, 5.41) is 0. The van der Waals surface area contributed by atoms with E-state index in [-0.39, 0.29) is 6.10 Å². The van der Waals surface area contributed by atoms with Crippen LogP contribution in [0.5, 0.6) is 17.4 Å². The van der Waals surface area contributed by atoms with Gasteiger partial charge in [-0.1, -0.05) is 19.1 Å². The number of Topliss-reactive ketones (excluding diaryl/α,β-unsaturated/α-hetero) is 1. The van der Waals surface area contributed by atoms with E-state index in [1.54, 1.807) is 6.20 Å². The van der Waals surface area contributed by atoms with Crippen LogP contribution in [-0.2, 0) is 11.2 Å². The van der Waals surface area contributed by atoms with Gasteiger partial charge in [-0.05, 0) is 69.2 Å². The zero-order valence-corrected chi connectivity index (χ0v) is 16.5. The van der Waals surface area contributed by atoms with E-state index in [2.05, 4.69) is 24.0 Å². The average molecular weight is 367 g/mol. The number of hydrogen-bond acceptors (Lipinski definition) is 4. The number of nitrogens with zero attached hydrogens (tertiary/aromatic N) is 1. The van der Waals surface area contributed by atoms with Crippen molar-refractivity contribution in [3.05, 3.63) is 48.2 Å². The summed E-state index contributed by atoms with van der Waals surface area (Å²) >= 11 is 0. The van der Waals surface area contributed by atoms with Gasteiger partial charge in [-0.3, -0.25) is 4.79 Å². The van der Waals surface area contributed by atoms with Crippen LogP contribution in [0.1, 0.15) is 52.0 Å². The highest BCUT2D eigenvalue weighted by atomic mass is 16.5. The number of carbonyl (C=O) groups excluding carboxylic acids is 1. The van der Waals surface area contributed by atoms with E-state index in [4.69, 9.17) is 9.47 Å². The number of carbonyl (C=O) groups is 1. The first-order valence-electron chi connectivity index (χ1n) is 9.92. The van der Waals surface area contributed by atoms with Gasteiger partial charge in [0.25, 0.3) is 0 Å². The van der Waals surface area contributed by atoms with E-state index in [9.17, 15) is 4.79 Å². The van der Waals surface area contributed by atoms with E-state index in [1.807, 2.05) is 38.1 Å². The quantitative estimate of drug-likeness (QED) is 0.548. The summed E-state index contributed by atoms with van der Waals surface area (Å²) < 4.78 is 11.4. The van der Waals surface area contributed by atoms with Crippen LogP contribution in [0.3, 0.4) is 0 Å². The zero-order valence-electron chi connectivity index (χ0n) is 16.5. The Bertz CT molecular complexity index is 733. The molecule has 1 saturated carbocycles. The normalized spacial score (nSPS) is 14.8. The molecule has 1 aromatic heterocycles. The van der Waals surface area contributed by atoms with E-state index in [0.717, 1.165) is 37.9 Å². The molecule has 2 aromatic rings. The van der Waals surface area contributed by atoms with Gasteiger partial charge in [0.1, 0.15) is 17.3 Å². The molecular formula is C23H29NO3. The second-order valence-electron chi connectivity index (χ2n) is 7.83. The van der Waals surface area contributed by atoms with Crippen LogP contribution < -0.4 is 9.47 Å². The highest BCUT2D eigenvalue weighted by Crippen LogP contribution is 2.32. The first kappa shape index (κ1) is 19.4. The lowest BCUT2D eigenvalue weighted by Gasteiger charge is -2.11. The van der Waals surface area contributed by atoms with Crippen LogP contribution in [0, 0.1) is 11.8 Å². The van der Waals surface area contributed by atoms with Crippen LogP contribution >= 0.6 is 0 Å². The zero-order chi connectivity index (χ0) is 19.2. The largest absolute Gasteiger partial charge is 0.475 e. The molecule has 4 heteroatoms. The number of ketones is 1. The highest BCUT2D eigenvalue weighted by molar-refractivity contribution is 5.83. The predicted octanol–water partition coefficient (Wildman–Crippen LogP) is 5.60. The molecule has 0 amide bonds. The number of aromatic nitrogens is 1. The fourth-order valence-electron chi connectivity index (χ4n) is 3.03. The number of aryl methyl sites for hydroxylation is 1. The van der Waals surface area contributed by atoms with Crippen LogP contribution in [0.15, 0.2) is 42.6 Å². The van der Waals surface area contributed by atoms with Crippen molar-refractivity contribution in [3.63, 3.8) is 0 Å². The molecule has 144 valence electrons. The predicted molar refractivity (Wildman–Crippen MR) is 106 cm³/mol. The van der Waals surface area contributed by atoms with Crippen molar-refractivity contribution in [2.75, 3.05) is 0 Å². The minimum Gasteiger partial charge on any atom is -0.475 e. The van der Waals surface area contributed by atoms with Crippen LogP contribution in [-0.4, -0.2) is 16.9 Å². The van der Waals surface area contributed by atoms with Crippen molar-refractivity contribution < 1.29 is 14.3 Å². The summed E-state index contributed by atoms with van der Waals surface area (Å²) in [6, 6.07) is 11.8. The monoisotopic (exact) mass is 367 g/mol. The average Bonchev–Trinajstić information content (AvgIpc) is 3.48. The maximum atomic E-state index is 11.9. The van der Waals surface area contributed by atoms with Crippen molar-refractivity contribution in [1.82, 2.24) is 4.98 Å². The molecule has 0 spiro atoms. The molecule has 0 N–H and O–H groups in total. The van der Waals surface area contributed by atoms with E-state index >= 15 is 0 Å². The Kier molecular flexibility index (Phi) is 6.49. The minimum absolute atomic E-state index is 0.103. The second-order valence-corrected chi connectivity index (χ2v) is 7.83. The van der Waals surface area contributed by atoms with Gasteiger partial charge in [0, 0.05) is 18.4 Å². The number of benzene rings is 1. The van der Waals surface area contributed by atoms with Crippen molar-refractivity contribution in [1.29, 1.82) is 0 Å². The lowest BCUT2D eigenvalue weighted by Crippen LogP contribution is -2.08. The topological polar surface area (TPSA) is 48.4 Å². The van der Waals surface area contributed by atoms with E-state index in [0.29, 0.717) is 29.2 Å². The Morgan fingerprint density at radius 3 is 2.37 bits per heavy atom. The molecule has 3 rings (SSSR count). The highest BCUT2D eigenvalue weighted by Gasteiger charge is 2.29. The lowest BCUT2D eigenvalue weighted by atomic mass is 9.95. The molecule has 1 heterocycles. The Morgan fingerprint density at radius 2 is 1.78 bits per heavy atom. The molecule has 1 atom stereocenters. The molecule has 1 aliphatic rings. The Balaban J connectivity index is 1.46. The molecule has 1 aromatic carbocycles. The van der Waals surface area contributed by atoms with E-state index < -0.39 is 0 Å². The maximum Gasteiger partial charge on any atom is 0.213 e. The van der Waals surface area contributed by atoms with Gasteiger partial charge in [0.15, 0.2) is 0 Å². The summed E-state index contributed by atoms with van der Waals surface area (Å²) in [6.45, 7) is 6.12. The van der Waals surface area contributed by atoms with Crippen molar-refractivity contribution in [3.8, 4) is 17.4 Å². The fraction of sp³-hybridized carbons (Fsp3) is 0.478. The number of ether oxygens (including phenoxy) is 2. The van der Waals surface area contributed by atoms with Gasteiger partial charge in [-0.2, -0.15) is 0 Å². The molecule has 4 nitrogen and oxygen atoms in total. The molecule has 0 unspecified atom stereocenters. The van der Waals surface area contributed by atoms with Crippen LogP contribution in [0.25, 0.3) is 0 Å². The first-order valence-corrected chi connectivity index (χ1v) is 9.92. The lowest BCUT2D eigenvalue weighted by molar-refractivity contribution is -0.121. The van der Waals surface area contributed by atoms with Gasteiger partial charge in [-0.15, -0.1) is 0 Å². The standard InChI is InChI=1S/C23H29NO3/c1-16(2)26-23-13-12-21(15-24-23)27-20-10-6-18(7-11-20)5-4-17(3)14-22(25)19-8-9-19/h6-7,10-13,15-17,19H,4-5,8-9,14H2,1-3H3/t17-/m0/s1. The van der Waals surface area contributed by atoms with Gasteiger partial charge >= 0.3 is 0 Å². The Morgan fingerprint density at radius 1 is 1.07 bits per heavy atom. The SMILES string of the molecule is CC(C)Oc1ccc(Oc2ccc(CC[C@H](C)CC(=O)C3CC3)cc2)cn1. The summed E-state index contributed by atoms with van der Waals surface area (Å²) in [4.78, 5) is 16.1. The summed E-state index contributed by atoms with van der Waals surface area (Å²) in [7, 11) is 0. The van der Waals surface area contributed by atoms with Crippen molar-refractivity contribution in [2.24, 2.45) is 11.8 Å². The molecule has 0 bridgehead atoms. The second kappa shape index (κ2) is 9.03. The number of rotatable bonds is 10. The first-order chi connectivity index (χ1) is 13.0. The van der Waals surface area contributed by atoms with Gasteiger partial charge in [0.2, 0.25) is 5.88 Å². The van der Waals surface area contributed by atoms with Gasteiger partial charge in [0.05, 0.1) is 12.3 Å². The molecule has 0 saturated heterocycles. The molecule has 0 radical (unpaired) electrons. The molecular weight excluding hydrogens is 338 g/mol. The van der Waals surface area contributed by atoms with Crippen molar-refractivity contribution in [2.45, 2.75) is 59.0 Å². The Hall–Kier alpha value is -2.36. The summed E-state index contributed by atoms with van der Waals surface area (Å²) in [5.74, 6) is 3.36. The maximum absolute atomic E-state index is 11.9. The molecule has 0 aliphatic heterocycles. The van der Waals surface area contributed by atoms with Crippen molar-refractivity contribution >= 4 is 5.78 Å². The van der Waals surface area contributed by atoms with Crippen LogP contribution in [0.4, 0.5) is 0 Å². The Labute approximate surface area is 161 Å². The minimum atomic E-state index is 0.103. The van der Waals surface area contributed by atoms with Crippen LogP contribution in [0.2, 0.25) is 0 Å².